The highest BCUT2D eigenvalue weighted by Crippen LogP contribution is 2.13. The fourth-order valence-electron chi connectivity index (χ4n) is 1.73. The normalized spacial score (nSPS) is 13.2. The Bertz CT molecular complexity index is 331. The molecule has 3 N–H and O–H groups in total. The van der Waals surface area contributed by atoms with Crippen LogP contribution in [0.4, 0.5) is 0 Å². The highest BCUT2D eigenvalue weighted by Gasteiger charge is 2.07. The van der Waals surface area contributed by atoms with Gasteiger partial charge in [-0.2, -0.15) is 0 Å². The molecular weight excluding hydrogens is 196 g/mol. The van der Waals surface area contributed by atoms with Crippen molar-refractivity contribution in [1.82, 2.24) is 5.32 Å². The van der Waals surface area contributed by atoms with Crippen LogP contribution in [0.25, 0.3) is 0 Å². The molecule has 1 unspecified atom stereocenters. The zero-order chi connectivity index (χ0) is 11.8. The predicted octanol–water partition coefficient (Wildman–Crippen LogP) is 2.55. The Morgan fingerprint density at radius 2 is 2.25 bits per heavy atom. The first kappa shape index (κ1) is 12.9. The molecule has 1 aromatic carbocycles. The van der Waals surface area contributed by atoms with Crippen molar-refractivity contribution < 1.29 is 0 Å². The minimum atomic E-state index is 0.269. The molecule has 2 nitrogen and oxygen atoms in total. The molecule has 88 valence electrons. The number of hydrogen-bond acceptors (Lipinski definition) is 2. The van der Waals surface area contributed by atoms with E-state index in [-0.39, 0.29) is 6.04 Å². The summed E-state index contributed by atoms with van der Waals surface area (Å²) in [6.07, 6.45) is 5.29. The zero-order valence-corrected chi connectivity index (χ0v) is 10.2. The van der Waals surface area contributed by atoms with Gasteiger partial charge in [-0.1, -0.05) is 42.0 Å². The highest BCUT2D eigenvalue weighted by molar-refractivity contribution is 5.25. The van der Waals surface area contributed by atoms with E-state index in [1.807, 2.05) is 6.92 Å². The third-order valence-electron chi connectivity index (χ3n) is 2.62. The molecule has 0 saturated carbocycles. The Kier molecular flexibility index (Phi) is 5.83. The monoisotopic (exact) mass is 218 g/mol. The Balaban J connectivity index is 2.53. The molecule has 0 aromatic heterocycles. The van der Waals surface area contributed by atoms with Gasteiger partial charge in [-0.25, -0.2) is 0 Å². The summed E-state index contributed by atoms with van der Waals surface area (Å²) in [7, 11) is 0. The van der Waals surface area contributed by atoms with E-state index in [1.54, 1.807) is 0 Å². The molecule has 0 aliphatic rings. The van der Waals surface area contributed by atoms with E-state index in [0.717, 1.165) is 13.0 Å². The Labute approximate surface area is 98.6 Å². The summed E-state index contributed by atoms with van der Waals surface area (Å²) in [5, 5.41) is 3.47. The third kappa shape index (κ3) is 4.17. The van der Waals surface area contributed by atoms with Crippen molar-refractivity contribution in [3.05, 3.63) is 47.5 Å². The molecule has 0 aliphatic heterocycles. The van der Waals surface area contributed by atoms with Crippen molar-refractivity contribution in [3.8, 4) is 0 Å². The molecule has 1 aromatic rings. The molecule has 0 bridgehead atoms. The van der Waals surface area contributed by atoms with Crippen LogP contribution in [0.3, 0.4) is 0 Å². The molecule has 1 rings (SSSR count). The number of nitrogens with two attached hydrogens (primary N) is 1. The van der Waals surface area contributed by atoms with Crippen LogP contribution in [0.5, 0.6) is 0 Å². The first-order valence-corrected chi connectivity index (χ1v) is 5.89. The van der Waals surface area contributed by atoms with Crippen LogP contribution in [-0.2, 0) is 0 Å². The Hall–Kier alpha value is -1.12. The third-order valence-corrected chi connectivity index (χ3v) is 2.62. The van der Waals surface area contributed by atoms with Gasteiger partial charge in [0.1, 0.15) is 0 Å². The summed E-state index contributed by atoms with van der Waals surface area (Å²) in [4.78, 5) is 0. The molecule has 2 heteroatoms. The van der Waals surface area contributed by atoms with Gasteiger partial charge in [0.05, 0.1) is 0 Å². The molecule has 0 fully saturated rings. The van der Waals surface area contributed by atoms with Crippen molar-refractivity contribution in [2.75, 3.05) is 13.1 Å². The first-order valence-electron chi connectivity index (χ1n) is 5.89. The van der Waals surface area contributed by atoms with Gasteiger partial charge in [-0.3, -0.25) is 0 Å². The first-order chi connectivity index (χ1) is 7.77. The number of rotatable bonds is 6. The highest BCUT2D eigenvalue weighted by atomic mass is 14.9. The van der Waals surface area contributed by atoms with Crippen molar-refractivity contribution in [2.45, 2.75) is 26.3 Å². The van der Waals surface area contributed by atoms with Crippen molar-refractivity contribution >= 4 is 0 Å². The number of hydrogen-bond donors (Lipinski definition) is 2. The van der Waals surface area contributed by atoms with Crippen molar-refractivity contribution in [2.24, 2.45) is 5.73 Å². The lowest BCUT2D eigenvalue weighted by Gasteiger charge is -2.17. The van der Waals surface area contributed by atoms with E-state index in [1.165, 1.54) is 11.1 Å². The lowest BCUT2D eigenvalue weighted by molar-refractivity contribution is 0.548. The van der Waals surface area contributed by atoms with Crippen LogP contribution in [0.15, 0.2) is 36.4 Å². The largest absolute Gasteiger partial charge is 0.329 e. The maximum Gasteiger partial charge on any atom is 0.0444 e. The van der Waals surface area contributed by atoms with E-state index >= 15 is 0 Å². The second kappa shape index (κ2) is 7.20. The predicted molar refractivity (Wildman–Crippen MR) is 70.4 cm³/mol. The summed E-state index contributed by atoms with van der Waals surface area (Å²) in [5.41, 5.74) is 8.35. The van der Waals surface area contributed by atoms with Crippen molar-refractivity contribution in [1.29, 1.82) is 0 Å². The number of aryl methyl sites for hydroxylation is 1. The smallest absolute Gasteiger partial charge is 0.0444 e. The van der Waals surface area contributed by atoms with E-state index in [4.69, 9.17) is 5.73 Å². The number of allylic oxidation sites excluding steroid dienone is 1. The minimum absolute atomic E-state index is 0.269. The van der Waals surface area contributed by atoms with Gasteiger partial charge in [0.15, 0.2) is 0 Å². The Morgan fingerprint density at radius 3 is 2.88 bits per heavy atom. The van der Waals surface area contributed by atoms with Crippen molar-refractivity contribution in [3.63, 3.8) is 0 Å². The zero-order valence-electron chi connectivity index (χ0n) is 10.2. The SMILES string of the molecule is C/C=C/CCNC(CN)c1cccc(C)c1. The fraction of sp³-hybridized carbons (Fsp3) is 0.429. The second-order valence-electron chi connectivity index (χ2n) is 4.01. The fourth-order valence-corrected chi connectivity index (χ4v) is 1.73. The summed E-state index contributed by atoms with van der Waals surface area (Å²) < 4.78 is 0. The maximum absolute atomic E-state index is 5.79. The molecule has 0 amide bonds. The van der Waals surface area contributed by atoms with Gasteiger partial charge < -0.3 is 11.1 Å². The quantitative estimate of drug-likeness (QED) is 0.569. The van der Waals surface area contributed by atoms with Gasteiger partial charge in [-0.15, -0.1) is 0 Å². The molecular formula is C14H22N2. The van der Waals surface area contributed by atoms with Gasteiger partial charge >= 0.3 is 0 Å². The van der Waals surface area contributed by atoms with Crippen LogP contribution in [0.1, 0.15) is 30.5 Å². The molecule has 0 aliphatic carbocycles. The number of nitrogens with one attached hydrogen (secondary N) is 1. The molecule has 0 heterocycles. The van der Waals surface area contributed by atoms with Crippen LogP contribution in [0, 0.1) is 6.92 Å². The van der Waals surface area contributed by atoms with Crippen LogP contribution in [-0.4, -0.2) is 13.1 Å². The molecule has 0 spiro atoms. The van der Waals surface area contributed by atoms with Crippen LogP contribution < -0.4 is 11.1 Å². The maximum atomic E-state index is 5.79. The lowest BCUT2D eigenvalue weighted by Crippen LogP contribution is -2.28. The van der Waals surface area contributed by atoms with Gasteiger partial charge in [0.2, 0.25) is 0 Å². The lowest BCUT2D eigenvalue weighted by atomic mass is 10.0. The van der Waals surface area contributed by atoms with Gasteiger partial charge in [-0.05, 0) is 32.4 Å². The van der Waals surface area contributed by atoms with E-state index in [9.17, 15) is 0 Å². The van der Waals surface area contributed by atoms with E-state index < -0.39 is 0 Å². The second-order valence-corrected chi connectivity index (χ2v) is 4.01. The number of benzene rings is 1. The average molecular weight is 218 g/mol. The minimum Gasteiger partial charge on any atom is -0.329 e. The average Bonchev–Trinajstić information content (AvgIpc) is 2.29. The summed E-state index contributed by atoms with van der Waals surface area (Å²) in [6, 6.07) is 8.79. The van der Waals surface area contributed by atoms with Crippen LogP contribution in [0.2, 0.25) is 0 Å². The Morgan fingerprint density at radius 1 is 1.44 bits per heavy atom. The molecule has 1 atom stereocenters. The summed E-state index contributed by atoms with van der Waals surface area (Å²) in [6.45, 7) is 5.76. The topological polar surface area (TPSA) is 38.0 Å². The molecule has 0 saturated heterocycles. The summed E-state index contributed by atoms with van der Waals surface area (Å²) >= 11 is 0. The molecule has 0 radical (unpaired) electrons. The molecule has 16 heavy (non-hydrogen) atoms. The van der Waals surface area contributed by atoms with Crippen LogP contribution >= 0.6 is 0 Å². The standard InChI is InChI=1S/C14H22N2/c1-3-4-5-9-16-14(11-15)13-8-6-7-12(2)10-13/h3-4,6-8,10,14,16H,5,9,11,15H2,1-2H3/b4-3+. The van der Waals surface area contributed by atoms with Gasteiger partial charge in [0.25, 0.3) is 0 Å². The van der Waals surface area contributed by atoms with E-state index in [0.29, 0.717) is 6.54 Å². The summed E-state index contributed by atoms with van der Waals surface area (Å²) in [5.74, 6) is 0. The van der Waals surface area contributed by atoms with Gasteiger partial charge in [0, 0.05) is 12.6 Å². The van der Waals surface area contributed by atoms with E-state index in [2.05, 4.69) is 48.7 Å².